The maximum Gasteiger partial charge on any atom is 0.303 e. The highest BCUT2D eigenvalue weighted by Gasteiger charge is 2.60. The minimum Gasteiger partial charge on any atom is -0.456 e. The molecule has 8 nitrogen and oxygen atoms in total. The first kappa shape index (κ1) is 16.7. The number of rotatable bonds is 3. The van der Waals surface area contributed by atoms with Gasteiger partial charge >= 0.3 is 17.9 Å². The summed E-state index contributed by atoms with van der Waals surface area (Å²) in [5.41, 5.74) is 0. The molecular formula is C14H20O8. The summed E-state index contributed by atoms with van der Waals surface area (Å²) in [5.74, 6) is -2.96. The minimum atomic E-state index is -1.26. The van der Waals surface area contributed by atoms with Gasteiger partial charge in [0.25, 0.3) is 0 Å². The molecule has 0 unspecified atom stereocenters. The SMILES string of the molecule is CC(=O)O[C@H]1[C@H](OC(C)=O)[C@H](OC(C)=O)[C@]2(C)OCC[C@@H]1O2. The van der Waals surface area contributed by atoms with Crippen molar-refractivity contribution < 1.29 is 38.1 Å². The quantitative estimate of drug-likeness (QED) is 0.542. The molecule has 0 aromatic rings. The van der Waals surface area contributed by atoms with Crippen molar-refractivity contribution in [3.63, 3.8) is 0 Å². The molecule has 8 heteroatoms. The second-order valence-electron chi connectivity index (χ2n) is 5.49. The third-order valence-corrected chi connectivity index (χ3v) is 3.58. The van der Waals surface area contributed by atoms with E-state index in [1.165, 1.54) is 20.8 Å². The molecule has 124 valence electrons. The molecule has 5 atom stereocenters. The van der Waals surface area contributed by atoms with Crippen molar-refractivity contribution >= 4 is 17.9 Å². The fourth-order valence-electron chi connectivity index (χ4n) is 2.84. The van der Waals surface area contributed by atoms with Crippen molar-refractivity contribution in [2.24, 2.45) is 0 Å². The fourth-order valence-corrected chi connectivity index (χ4v) is 2.84. The summed E-state index contributed by atoms with van der Waals surface area (Å²) in [4.78, 5) is 34.2. The van der Waals surface area contributed by atoms with Crippen LogP contribution in [0.1, 0.15) is 34.1 Å². The van der Waals surface area contributed by atoms with Crippen molar-refractivity contribution in [1.29, 1.82) is 0 Å². The first-order valence-electron chi connectivity index (χ1n) is 7.06. The van der Waals surface area contributed by atoms with E-state index in [1.807, 2.05) is 0 Å². The molecule has 2 heterocycles. The molecule has 0 radical (unpaired) electrons. The molecule has 2 aliphatic heterocycles. The van der Waals surface area contributed by atoms with Crippen LogP contribution in [0.2, 0.25) is 0 Å². The highest BCUT2D eigenvalue weighted by molar-refractivity contribution is 5.68. The van der Waals surface area contributed by atoms with E-state index in [1.54, 1.807) is 6.92 Å². The summed E-state index contributed by atoms with van der Waals surface area (Å²) in [6.07, 6.45) is -2.91. The molecule has 2 saturated heterocycles. The van der Waals surface area contributed by atoms with E-state index < -0.39 is 48.1 Å². The third-order valence-electron chi connectivity index (χ3n) is 3.58. The topological polar surface area (TPSA) is 97.4 Å². The van der Waals surface area contributed by atoms with Gasteiger partial charge in [0, 0.05) is 27.2 Å². The molecule has 2 fully saturated rings. The van der Waals surface area contributed by atoms with Gasteiger partial charge in [-0.05, 0) is 6.92 Å². The Kier molecular flexibility index (Phi) is 4.72. The van der Waals surface area contributed by atoms with E-state index >= 15 is 0 Å². The van der Waals surface area contributed by atoms with Gasteiger partial charge < -0.3 is 23.7 Å². The number of hydrogen-bond acceptors (Lipinski definition) is 8. The molecule has 0 spiro atoms. The Balaban J connectivity index is 2.36. The standard InChI is InChI=1S/C14H20O8/c1-7(15)19-11-10-5-6-18-14(4,22-10)13(21-9(3)17)12(11)20-8(2)16/h10-13H,5-6H2,1-4H3/t10-,11+,12-,13-,14+/m0/s1. The van der Waals surface area contributed by atoms with Gasteiger partial charge in [-0.1, -0.05) is 0 Å². The first-order chi connectivity index (χ1) is 10.2. The average molecular weight is 316 g/mol. The number of hydrogen-bond donors (Lipinski definition) is 0. The monoisotopic (exact) mass is 316 g/mol. The molecule has 0 aromatic carbocycles. The van der Waals surface area contributed by atoms with Crippen LogP contribution in [0.4, 0.5) is 0 Å². The second kappa shape index (κ2) is 6.21. The first-order valence-corrected chi connectivity index (χ1v) is 7.06. The molecular weight excluding hydrogens is 296 g/mol. The van der Waals surface area contributed by atoms with Crippen LogP contribution < -0.4 is 0 Å². The van der Waals surface area contributed by atoms with Gasteiger partial charge in [-0.15, -0.1) is 0 Å². The highest BCUT2D eigenvalue weighted by atomic mass is 16.8. The Labute approximate surface area is 128 Å². The van der Waals surface area contributed by atoms with Crippen molar-refractivity contribution in [3.05, 3.63) is 0 Å². The third kappa shape index (κ3) is 3.38. The van der Waals surface area contributed by atoms with Gasteiger partial charge in [0.1, 0.15) is 6.10 Å². The van der Waals surface area contributed by atoms with Crippen LogP contribution in [0, 0.1) is 0 Å². The normalized spacial score (nSPS) is 37.1. The van der Waals surface area contributed by atoms with Crippen LogP contribution in [0.25, 0.3) is 0 Å². The molecule has 2 bridgehead atoms. The van der Waals surface area contributed by atoms with E-state index in [0.29, 0.717) is 13.0 Å². The Bertz CT molecular complexity index is 475. The van der Waals surface area contributed by atoms with Crippen LogP contribution in [-0.2, 0) is 38.1 Å². The molecule has 2 aliphatic rings. The summed E-state index contributed by atoms with van der Waals surface area (Å²) in [5, 5.41) is 0. The van der Waals surface area contributed by atoms with Crippen LogP contribution >= 0.6 is 0 Å². The number of ether oxygens (including phenoxy) is 5. The largest absolute Gasteiger partial charge is 0.456 e. The molecule has 0 saturated carbocycles. The highest BCUT2D eigenvalue weighted by Crippen LogP contribution is 2.40. The van der Waals surface area contributed by atoms with Crippen molar-refractivity contribution in [1.82, 2.24) is 0 Å². The van der Waals surface area contributed by atoms with Gasteiger partial charge in [0.2, 0.25) is 5.79 Å². The maximum absolute atomic E-state index is 11.4. The van der Waals surface area contributed by atoms with E-state index in [9.17, 15) is 14.4 Å². The van der Waals surface area contributed by atoms with Gasteiger partial charge in [0.15, 0.2) is 18.3 Å². The Hall–Kier alpha value is -1.67. The van der Waals surface area contributed by atoms with Crippen molar-refractivity contribution in [2.75, 3.05) is 6.61 Å². The summed E-state index contributed by atoms with van der Waals surface area (Å²) in [6, 6.07) is 0. The van der Waals surface area contributed by atoms with E-state index in [4.69, 9.17) is 23.7 Å². The number of carbonyl (C=O) groups is 3. The second-order valence-corrected chi connectivity index (χ2v) is 5.49. The molecule has 2 rings (SSSR count). The zero-order chi connectivity index (χ0) is 16.5. The lowest BCUT2D eigenvalue weighted by Gasteiger charge is -2.52. The molecule has 22 heavy (non-hydrogen) atoms. The van der Waals surface area contributed by atoms with E-state index in [2.05, 4.69) is 0 Å². The minimum absolute atomic E-state index is 0.351. The Morgan fingerprint density at radius 2 is 1.50 bits per heavy atom. The van der Waals surface area contributed by atoms with E-state index in [0.717, 1.165) is 0 Å². The van der Waals surface area contributed by atoms with Gasteiger partial charge in [-0.2, -0.15) is 0 Å². The Morgan fingerprint density at radius 1 is 0.955 bits per heavy atom. The Morgan fingerprint density at radius 3 is 2.05 bits per heavy atom. The summed E-state index contributed by atoms with van der Waals surface area (Å²) < 4.78 is 27.1. The van der Waals surface area contributed by atoms with Crippen LogP contribution in [-0.4, -0.2) is 54.7 Å². The predicted molar refractivity (Wildman–Crippen MR) is 70.5 cm³/mol. The average Bonchev–Trinajstić information content (AvgIpc) is 2.38. The zero-order valence-corrected chi connectivity index (χ0v) is 13.0. The van der Waals surface area contributed by atoms with Gasteiger partial charge in [-0.25, -0.2) is 0 Å². The van der Waals surface area contributed by atoms with E-state index in [-0.39, 0.29) is 0 Å². The van der Waals surface area contributed by atoms with Crippen molar-refractivity contribution in [2.45, 2.75) is 64.3 Å². The fraction of sp³-hybridized carbons (Fsp3) is 0.786. The van der Waals surface area contributed by atoms with Crippen molar-refractivity contribution in [3.8, 4) is 0 Å². The summed E-state index contributed by atoms with van der Waals surface area (Å²) in [7, 11) is 0. The number of esters is 3. The molecule has 0 amide bonds. The van der Waals surface area contributed by atoms with Crippen LogP contribution in [0.5, 0.6) is 0 Å². The molecule has 0 aromatic heterocycles. The number of fused-ring (bicyclic) bond motifs is 2. The maximum atomic E-state index is 11.4. The lowest BCUT2D eigenvalue weighted by atomic mass is 9.89. The zero-order valence-electron chi connectivity index (χ0n) is 13.0. The van der Waals surface area contributed by atoms with Gasteiger partial charge in [-0.3, -0.25) is 14.4 Å². The lowest BCUT2D eigenvalue weighted by Crippen LogP contribution is -2.69. The molecule has 0 aliphatic carbocycles. The van der Waals surface area contributed by atoms with Crippen LogP contribution in [0.15, 0.2) is 0 Å². The summed E-state index contributed by atoms with van der Waals surface area (Å²) in [6.45, 7) is 5.66. The summed E-state index contributed by atoms with van der Waals surface area (Å²) >= 11 is 0. The smallest absolute Gasteiger partial charge is 0.303 e. The van der Waals surface area contributed by atoms with Gasteiger partial charge in [0.05, 0.1) is 6.61 Å². The van der Waals surface area contributed by atoms with Crippen LogP contribution in [0.3, 0.4) is 0 Å². The predicted octanol–water partition coefficient (Wildman–Crippen LogP) is 0.317. The molecule has 0 N–H and O–H groups in total. The number of carbonyl (C=O) groups excluding carboxylic acids is 3. The lowest BCUT2D eigenvalue weighted by molar-refractivity contribution is -0.379.